The van der Waals surface area contributed by atoms with Crippen LogP contribution >= 0.6 is 23.5 Å². The van der Waals surface area contributed by atoms with Crippen LogP contribution in [0.15, 0.2) is 119 Å². The zero-order valence-electron chi connectivity index (χ0n) is 24.8. The Bertz CT molecular complexity index is 1540. The molecule has 46 heavy (non-hydrogen) atoms. The summed E-state index contributed by atoms with van der Waals surface area (Å²) in [4.78, 5) is 29.3. The first-order chi connectivity index (χ1) is 22.3. The van der Waals surface area contributed by atoms with Crippen molar-refractivity contribution in [3.05, 3.63) is 131 Å². The standard InChI is InChI=1S/C36H36N2O6S2/c39-27-19-21-11-7-9-17-25(21)29(27)37-35(43)33(45-23-13-3-1-4-14-23)31(41)32(42)34(46-24-15-5-2-6-16-24)36(44)38-30-26-18-10-8-12-22(26)20-28(30)40/h1-18,27-34,39-42H,19-20H2,(H,37,43)(H,38,44)/t27-,28-,29+,30+,31-,32-,33-,34-/m1/s1. The molecule has 0 spiro atoms. The summed E-state index contributed by atoms with van der Waals surface area (Å²) in [5.41, 5.74) is 3.46. The molecule has 8 atom stereocenters. The molecule has 238 valence electrons. The lowest BCUT2D eigenvalue weighted by molar-refractivity contribution is -0.129. The third-order valence-corrected chi connectivity index (χ3v) is 11.1. The van der Waals surface area contributed by atoms with Gasteiger partial charge in [0.2, 0.25) is 11.8 Å². The van der Waals surface area contributed by atoms with Gasteiger partial charge in [0.25, 0.3) is 0 Å². The van der Waals surface area contributed by atoms with Crippen molar-refractivity contribution in [1.29, 1.82) is 0 Å². The third-order valence-electron chi connectivity index (χ3n) is 8.50. The number of carbonyl (C=O) groups excluding carboxylic acids is 2. The summed E-state index contributed by atoms with van der Waals surface area (Å²) in [6, 6.07) is 31.7. The van der Waals surface area contributed by atoms with Crippen molar-refractivity contribution in [2.24, 2.45) is 0 Å². The summed E-state index contributed by atoms with van der Waals surface area (Å²) in [6.07, 6.45) is -4.31. The molecule has 6 N–H and O–H groups in total. The molecular weight excluding hydrogens is 621 g/mol. The normalized spacial score (nSPS) is 22.6. The number of carbonyl (C=O) groups is 2. The van der Waals surface area contributed by atoms with Gasteiger partial charge in [-0.1, -0.05) is 84.9 Å². The molecule has 0 bridgehead atoms. The number of hydrogen-bond acceptors (Lipinski definition) is 8. The summed E-state index contributed by atoms with van der Waals surface area (Å²) in [6.45, 7) is 0. The highest BCUT2D eigenvalue weighted by Gasteiger charge is 2.43. The fourth-order valence-electron chi connectivity index (χ4n) is 6.17. The van der Waals surface area contributed by atoms with Crippen LogP contribution in [0.25, 0.3) is 0 Å². The van der Waals surface area contributed by atoms with Gasteiger partial charge < -0.3 is 31.1 Å². The minimum Gasteiger partial charge on any atom is -0.390 e. The average molecular weight is 657 g/mol. The van der Waals surface area contributed by atoms with Crippen LogP contribution in [-0.4, -0.2) is 67.2 Å². The molecule has 8 nitrogen and oxygen atoms in total. The fourth-order valence-corrected chi connectivity index (χ4v) is 8.34. The number of rotatable bonds is 11. The second-order valence-electron chi connectivity index (χ2n) is 11.6. The summed E-state index contributed by atoms with van der Waals surface area (Å²) in [7, 11) is 0. The Balaban J connectivity index is 1.28. The van der Waals surface area contributed by atoms with E-state index in [9.17, 15) is 30.0 Å². The van der Waals surface area contributed by atoms with Crippen LogP contribution < -0.4 is 10.6 Å². The van der Waals surface area contributed by atoms with Gasteiger partial charge in [-0.3, -0.25) is 9.59 Å². The largest absolute Gasteiger partial charge is 0.390 e. The maximum atomic E-state index is 14.0. The van der Waals surface area contributed by atoms with E-state index in [-0.39, 0.29) is 0 Å². The Morgan fingerprint density at radius 1 is 0.565 bits per heavy atom. The number of aliphatic hydroxyl groups is 4. The molecule has 2 aliphatic rings. The van der Waals surface area contributed by atoms with Crippen molar-refractivity contribution in [1.82, 2.24) is 10.6 Å². The van der Waals surface area contributed by atoms with Gasteiger partial charge in [0.15, 0.2) is 0 Å². The quantitative estimate of drug-likeness (QED) is 0.135. The number of thioether (sulfide) groups is 2. The minimum atomic E-state index is -1.69. The van der Waals surface area contributed by atoms with Gasteiger partial charge in [-0.25, -0.2) is 0 Å². The summed E-state index contributed by atoms with van der Waals surface area (Å²) in [5, 5.41) is 48.5. The smallest absolute Gasteiger partial charge is 0.236 e. The molecule has 0 radical (unpaired) electrons. The number of aliphatic hydroxyl groups excluding tert-OH is 4. The molecule has 2 amide bonds. The molecule has 0 aromatic heterocycles. The number of nitrogens with one attached hydrogen (secondary N) is 2. The first kappa shape index (κ1) is 32.3. The zero-order chi connectivity index (χ0) is 32.2. The van der Waals surface area contributed by atoms with Gasteiger partial charge in [-0.2, -0.15) is 0 Å². The maximum absolute atomic E-state index is 14.0. The van der Waals surface area contributed by atoms with Gasteiger partial charge in [0.1, 0.15) is 22.7 Å². The van der Waals surface area contributed by atoms with E-state index in [4.69, 9.17) is 0 Å². The van der Waals surface area contributed by atoms with E-state index in [1.54, 1.807) is 24.3 Å². The van der Waals surface area contributed by atoms with Gasteiger partial charge in [-0.15, -0.1) is 23.5 Å². The molecule has 0 fully saturated rings. The lowest BCUT2D eigenvalue weighted by atomic mass is 10.0. The molecule has 2 aliphatic carbocycles. The molecule has 0 saturated carbocycles. The van der Waals surface area contributed by atoms with Crippen LogP contribution in [-0.2, 0) is 22.4 Å². The molecule has 0 heterocycles. The van der Waals surface area contributed by atoms with Gasteiger partial charge >= 0.3 is 0 Å². The SMILES string of the molecule is O=C(N[C@H]1c2ccccc2C[C@H]1O)[C@H](Sc1ccccc1)[C@H](O)[C@@H](O)[C@@H](Sc1ccccc1)C(=O)N[C@H]1c2ccccc2C[C@H]1O. The highest BCUT2D eigenvalue weighted by atomic mass is 32.2. The number of amides is 2. The van der Waals surface area contributed by atoms with E-state index in [1.165, 1.54) is 0 Å². The van der Waals surface area contributed by atoms with E-state index in [0.29, 0.717) is 22.6 Å². The van der Waals surface area contributed by atoms with Crippen molar-refractivity contribution >= 4 is 35.3 Å². The molecule has 6 rings (SSSR count). The first-order valence-corrected chi connectivity index (χ1v) is 17.0. The van der Waals surface area contributed by atoms with Crippen molar-refractivity contribution in [2.45, 2.75) is 69.6 Å². The van der Waals surface area contributed by atoms with Crippen LogP contribution in [0.4, 0.5) is 0 Å². The zero-order valence-corrected chi connectivity index (χ0v) is 26.5. The molecular formula is C36H36N2O6S2. The van der Waals surface area contributed by atoms with Crippen molar-refractivity contribution < 1.29 is 30.0 Å². The topological polar surface area (TPSA) is 139 Å². The highest BCUT2D eigenvalue weighted by Crippen LogP contribution is 2.36. The third kappa shape index (κ3) is 7.02. The molecule has 0 saturated heterocycles. The molecule has 0 unspecified atom stereocenters. The molecule has 10 heteroatoms. The predicted octanol–water partition coefficient (Wildman–Crippen LogP) is 3.58. The van der Waals surface area contributed by atoms with Gasteiger partial charge in [-0.05, 0) is 46.5 Å². The van der Waals surface area contributed by atoms with E-state index in [0.717, 1.165) is 45.8 Å². The van der Waals surface area contributed by atoms with Crippen LogP contribution in [0.1, 0.15) is 34.3 Å². The Labute approximate surface area is 276 Å². The minimum absolute atomic E-state index is 0.384. The summed E-state index contributed by atoms with van der Waals surface area (Å²) < 4.78 is 0. The number of hydrogen-bond donors (Lipinski definition) is 6. The second kappa shape index (κ2) is 14.4. The van der Waals surface area contributed by atoms with Gasteiger partial charge in [0.05, 0.1) is 24.3 Å². The van der Waals surface area contributed by atoms with E-state index >= 15 is 0 Å². The van der Waals surface area contributed by atoms with Crippen LogP contribution in [0.3, 0.4) is 0 Å². The second-order valence-corrected chi connectivity index (χ2v) is 14.0. The Morgan fingerprint density at radius 2 is 0.913 bits per heavy atom. The number of fused-ring (bicyclic) bond motifs is 2. The van der Waals surface area contributed by atoms with Crippen molar-refractivity contribution in [3.63, 3.8) is 0 Å². The van der Waals surface area contributed by atoms with Crippen LogP contribution in [0.5, 0.6) is 0 Å². The lowest BCUT2D eigenvalue weighted by Crippen LogP contribution is -2.53. The van der Waals surface area contributed by atoms with Crippen molar-refractivity contribution in [2.75, 3.05) is 0 Å². The first-order valence-electron chi connectivity index (χ1n) is 15.2. The fraction of sp³-hybridized carbons (Fsp3) is 0.278. The monoisotopic (exact) mass is 656 g/mol. The number of benzene rings is 4. The highest BCUT2D eigenvalue weighted by molar-refractivity contribution is 8.01. The Kier molecular flexibility index (Phi) is 10.1. The Morgan fingerprint density at radius 3 is 1.30 bits per heavy atom. The van der Waals surface area contributed by atoms with Crippen LogP contribution in [0.2, 0.25) is 0 Å². The summed E-state index contributed by atoms with van der Waals surface area (Å²) >= 11 is 2.15. The van der Waals surface area contributed by atoms with E-state index < -0.39 is 58.8 Å². The predicted molar refractivity (Wildman–Crippen MR) is 178 cm³/mol. The van der Waals surface area contributed by atoms with E-state index in [1.807, 2.05) is 84.9 Å². The molecule has 4 aromatic carbocycles. The van der Waals surface area contributed by atoms with E-state index in [2.05, 4.69) is 10.6 Å². The lowest BCUT2D eigenvalue weighted by Gasteiger charge is -2.32. The van der Waals surface area contributed by atoms with Crippen molar-refractivity contribution in [3.8, 4) is 0 Å². The average Bonchev–Trinajstić information content (AvgIpc) is 3.57. The van der Waals surface area contributed by atoms with Crippen LogP contribution in [0, 0.1) is 0 Å². The van der Waals surface area contributed by atoms with Gasteiger partial charge in [0, 0.05) is 22.6 Å². The molecule has 4 aromatic rings. The Hall–Kier alpha value is -3.64. The maximum Gasteiger partial charge on any atom is 0.236 e. The molecule has 0 aliphatic heterocycles. The summed E-state index contributed by atoms with van der Waals surface area (Å²) in [5.74, 6) is -1.16.